The minimum absolute atomic E-state index is 0.0649. The number of fused-ring (bicyclic) bond motifs is 1. The zero-order valence-electron chi connectivity index (χ0n) is 15.2. The first-order valence-electron chi connectivity index (χ1n) is 8.59. The van der Waals surface area contributed by atoms with Gasteiger partial charge in [0.05, 0.1) is 23.3 Å². The van der Waals surface area contributed by atoms with Gasteiger partial charge in [-0.15, -0.1) is 0 Å². The fraction of sp³-hybridized carbons (Fsp3) is 0.250. The Labute approximate surface area is 162 Å². The van der Waals surface area contributed by atoms with Crippen molar-refractivity contribution in [3.8, 4) is 0 Å². The molecule has 1 atom stereocenters. The number of para-hydroxylation sites is 2. The highest BCUT2D eigenvalue weighted by atomic mass is 35.5. The van der Waals surface area contributed by atoms with Crippen molar-refractivity contribution in [2.75, 3.05) is 20.6 Å². The van der Waals surface area contributed by atoms with E-state index in [-0.39, 0.29) is 24.1 Å². The maximum atomic E-state index is 12.5. The topological polar surface area (TPSA) is 67.2 Å². The lowest BCUT2D eigenvalue weighted by Crippen LogP contribution is -2.38. The number of carbonyl (C=O) groups is 1. The number of hydrogen-bond donors (Lipinski definition) is 1. The number of carbonyl (C=O) groups excluding carboxylic acids is 1. The van der Waals surface area contributed by atoms with Crippen LogP contribution in [0.25, 0.3) is 11.0 Å². The molecule has 27 heavy (non-hydrogen) atoms. The molecule has 1 aromatic heterocycles. The molecule has 0 aliphatic rings. The van der Waals surface area contributed by atoms with Gasteiger partial charge in [-0.3, -0.25) is 14.2 Å². The van der Waals surface area contributed by atoms with Crippen LogP contribution in [-0.4, -0.2) is 41.0 Å². The first-order chi connectivity index (χ1) is 13.0. The summed E-state index contributed by atoms with van der Waals surface area (Å²) in [6, 6.07) is 14.7. The van der Waals surface area contributed by atoms with Gasteiger partial charge >= 0.3 is 0 Å². The van der Waals surface area contributed by atoms with Gasteiger partial charge in [0.25, 0.3) is 5.56 Å². The summed E-state index contributed by atoms with van der Waals surface area (Å²) in [7, 11) is 3.86. The normalized spacial score (nSPS) is 12.3. The van der Waals surface area contributed by atoms with Crippen LogP contribution in [0.2, 0.25) is 5.02 Å². The molecular weight excluding hydrogens is 364 g/mol. The maximum Gasteiger partial charge on any atom is 0.269 e. The van der Waals surface area contributed by atoms with Crippen molar-refractivity contribution in [1.82, 2.24) is 19.8 Å². The lowest BCUT2D eigenvalue weighted by atomic mass is 10.1. The summed E-state index contributed by atoms with van der Waals surface area (Å²) < 4.78 is 1.43. The third kappa shape index (κ3) is 4.35. The molecule has 0 radical (unpaired) electrons. The number of amides is 1. The fourth-order valence-corrected chi connectivity index (χ4v) is 3.27. The van der Waals surface area contributed by atoms with Crippen molar-refractivity contribution in [3.63, 3.8) is 0 Å². The fourth-order valence-electron chi connectivity index (χ4n) is 3.00. The predicted octanol–water partition coefficient (Wildman–Crippen LogP) is 2.47. The Morgan fingerprint density at radius 1 is 1.19 bits per heavy atom. The van der Waals surface area contributed by atoms with E-state index in [0.717, 1.165) is 5.56 Å². The largest absolute Gasteiger partial charge is 0.353 e. The SMILES string of the molecule is CN(C)C(CNC(=O)Cn1c(=O)cnc2ccccc21)c1ccccc1Cl. The van der Waals surface area contributed by atoms with Crippen LogP contribution < -0.4 is 10.9 Å². The zero-order valence-corrected chi connectivity index (χ0v) is 16.0. The minimum Gasteiger partial charge on any atom is -0.353 e. The Balaban J connectivity index is 1.76. The van der Waals surface area contributed by atoms with Crippen LogP contribution >= 0.6 is 11.6 Å². The Hall–Kier alpha value is -2.70. The van der Waals surface area contributed by atoms with Gasteiger partial charge in [-0.25, -0.2) is 4.98 Å². The zero-order chi connectivity index (χ0) is 19.4. The van der Waals surface area contributed by atoms with E-state index in [1.807, 2.05) is 61.5 Å². The Morgan fingerprint density at radius 2 is 1.89 bits per heavy atom. The lowest BCUT2D eigenvalue weighted by molar-refractivity contribution is -0.121. The second-order valence-electron chi connectivity index (χ2n) is 6.48. The summed E-state index contributed by atoms with van der Waals surface area (Å²) in [6.07, 6.45) is 1.24. The molecule has 6 nitrogen and oxygen atoms in total. The van der Waals surface area contributed by atoms with E-state index in [0.29, 0.717) is 22.6 Å². The van der Waals surface area contributed by atoms with Crippen molar-refractivity contribution in [2.24, 2.45) is 0 Å². The number of hydrogen-bond acceptors (Lipinski definition) is 4. The van der Waals surface area contributed by atoms with E-state index < -0.39 is 0 Å². The number of aromatic nitrogens is 2. The van der Waals surface area contributed by atoms with E-state index in [9.17, 15) is 9.59 Å². The van der Waals surface area contributed by atoms with Gasteiger partial charge in [0.2, 0.25) is 5.91 Å². The molecule has 1 amide bonds. The van der Waals surface area contributed by atoms with Gasteiger partial charge < -0.3 is 10.2 Å². The molecule has 1 N–H and O–H groups in total. The molecule has 3 aromatic rings. The van der Waals surface area contributed by atoms with Crippen molar-refractivity contribution in [2.45, 2.75) is 12.6 Å². The summed E-state index contributed by atoms with van der Waals surface area (Å²) in [5.74, 6) is -0.243. The standard InChI is InChI=1S/C20H21ClN4O2/c1-24(2)18(14-7-3-4-8-15(14)21)11-23-19(26)13-25-17-10-6-5-9-16(17)22-12-20(25)27/h3-10,12,18H,11,13H2,1-2H3,(H,23,26). The van der Waals surface area contributed by atoms with Crippen molar-refractivity contribution < 1.29 is 4.79 Å². The molecule has 140 valence electrons. The molecule has 0 saturated heterocycles. The smallest absolute Gasteiger partial charge is 0.269 e. The van der Waals surface area contributed by atoms with E-state index in [2.05, 4.69) is 10.3 Å². The van der Waals surface area contributed by atoms with E-state index in [1.165, 1.54) is 10.8 Å². The summed E-state index contributed by atoms with van der Waals surface area (Å²) >= 11 is 6.30. The third-order valence-electron chi connectivity index (χ3n) is 4.43. The minimum atomic E-state index is -0.306. The van der Waals surface area contributed by atoms with Gasteiger partial charge in [0.1, 0.15) is 6.54 Å². The highest BCUT2D eigenvalue weighted by molar-refractivity contribution is 6.31. The number of nitrogens with one attached hydrogen (secondary N) is 1. The summed E-state index contributed by atoms with van der Waals surface area (Å²) in [4.78, 5) is 30.8. The second-order valence-corrected chi connectivity index (χ2v) is 6.88. The average molecular weight is 385 g/mol. The molecule has 3 rings (SSSR count). The van der Waals surface area contributed by atoms with Crippen LogP contribution in [0.4, 0.5) is 0 Å². The predicted molar refractivity (Wildman–Crippen MR) is 107 cm³/mol. The Kier molecular flexibility index (Phi) is 5.88. The summed E-state index contributed by atoms with van der Waals surface area (Å²) in [5.41, 5.74) is 1.94. The van der Waals surface area contributed by atoms with Crippen LogP contribution in [0, 0.1) is 0 Å². The van der Waals surface area contributed by atoms with Crippen molar-refractivity contribution in [3.05, 3.63) is 75.7 Å². The van der Waals surface area contributed by atoms with Crippen LogP contribution in [0.1, 0.15) is 11.6 Å². The molecule has 7 heteroatoms. The number of benzene rings is 2. The molecule has 0 aliphatic carbocycles. The van der Waals surface area contributed by atoms with E-state index in [4.69, 9.17) is 11.6 Å². The van der Waals surface area contributed by atoms with Crippen LogP contribution in [-0.2, 0) is 11.3 Å². The number of halogens is 1. The van der Waals surface area contributed by atoms with E-state index in [1.54, 1.807) is 6.07 Å². The van der Waals surface area contributed by atoms with Crippen LogP contribution in [0.5, 0.6) is 0 Å². The summed E-state index contributed by atoms with van der Waals surface area (Å²) in [6.45, 7) is 0.317. The molecular formula is C20H21ClN4O2. The molecule has 1 heterocycles. The molecule has 0 bridgehead atoms. The van der Waals surface area contributed by atoms with Gasteiger partial charge in [0, 0.05) is 11.6 Å². The monoisotopic (exact) mass is 384 g/mol. The van der Waals surface area contributed by atoms with Gasteiger partial charge in [0.15, 0.2) is 0 Å². The van der Waals surface area contributed by atoms with Crippen molar-refractivity contribution in [1.29, 1.82) is 0 Å². The Bertz CT molecular complexity index is 1020. The molecule has 0 aliphatic heterocycles. The number of rotatable bonds is 6. The quantitative estimate of drug-likeness (QED) is 0.709. The second kappa shape index (κ2) is 8.33. The molecule has 0 saturated carbocycles. The van der Waals surface area contributed by atoms with Gasteiger partial charge in [-0.1, -0.05) is 41.9 Å². The molecule has 0 spiro atoms. The average Bonchev–Trinajstić information content (AvgIpc) is 2.65. The summed E-state index contributed by atoms with van der Waals surface area (Å²) in [5, 5.41) is 3.57. The molecule has 2 aromatic carbocycles. The van der Waals surface area contributed by atoms with E-state index >= 15 is 0 Å². The highest BCUT2D eigenvalue weighted by Crippen LogP contribution is 2.25. The van der Waals surface area contributed by atoms with Crippen molar-refractivity contribution >= 4 is 28.5 Å². The lowest BCUT2D eigenvalue weighted by Gasteiger charge is -2.26. The third-order valence-corrected chi connectivity index (χ3v) is 4.78. The number of likely N-dealkylation sites (N-methyl/N-ethyl adjacent to an activating group) is 1. The van der Waals surface area contributed by atoms with Gasteiger partial charge in [-0.05, 0) is 37.9 Å². The maximum absolute atomic E-state index is 12.5. The first-order valence-corrected chi connectivity index (χ1v) is 8.97. The van der Waals surface area contributed by atoms with Crippen LogP contribution in [0.15, 0.2) is 59.5 Å². The highest BCUT2D eigenvalue weighted by Gasteiger charge is 2.18. The molecule has 1 unspecified atom stereocenters. The molecule has 0 fully saturated rings. The van der Waals surface area contributed by atoms with Crippen LogP contribution in [0.3, 0.4) is 0 Å². The Morgan fingerprint density at radius 3 is 2.63 bits per heavy atom. The van der Waals surface area contributed by atoms with Gasteiger partial charge in [-0.2, -0.15) is 0 Å². The number of nitrogens with zero attached hydrogens (tertiary/aromatic N) is 3. The first kappa shape index (κ1) is 19.1.